The van der Waals surface area contributed by atoms with Crippen LogP contribution in [0.15, 0.2) is 6.20 Å². The molecule has 68 valence electrons. The van der Waals surface area contributed by atoms with Crippen LogP contribution >= 0.6 is 0 Å². The topological polar surface area (TPSA) is 30.7 Å². The van der Waals surface area contributed by atoms with Crippen LogP contribution < -0.4 is 0 Å². The van der Waals surface area contributed by atoms with Gasteiger partial charge in [0.05, 0.1) is 11.7 Å². The van der Waals surface area contributed by atoms with Crippen molar-refractivity contribution in [1.82, 2.24) is 15.0 Å². The van der Waals surface area contributed by atoms with E-state index in [0.717, 1.165) is 5.69 Å². The van der Waals surface area contributed by atoms with Crippen molar-refractivity contribution >= 4 is 0 Å². The molecule has 0 aliphatic carbocycles. The first-order valence-corrected chi connectivity index (χ1v) is 4.29. The van der Waals surface area contributed by atoms with E-state index in [1.54, 1.807) is 0 Å². The standard InChI is InChI=1S/C9H17N3/c1-7-6-12(11-10-7)8(2)9(3,4)5/h6,8H,1-5H3. The van der Waals surface area contributed by atoms with Gasteiger partial charge in [-0.2, -0.15) is 0 Å². The van der Waals surface area contributed by atoms with E-state index in [9.17, 15) is 0 Å². The highest BCUT2D eigenvalue weighted by molar-refractivity contribution is 4.89. The van der Waals surface area contributed by atoms with Crippen LogP contribution in [0.4, 0.5) is 0 Å². The van der Waals surface area contributed by atoms with E-state index < -0.39 is 0 Å². The van der Waals surface area contributed by atoms with Crippen molar-refractivity contribution in [2.24, 2.45) is 5.41 Å². The summed E-state index contributed by atoms with van der Waals surface area (Å²) in [6.45, 7) is 10.7. The molecule has 1 heterocycles. The lowest BCUT2D eigenvalue weighted by molar-refractivity contribution is 0.241. The fourth-order valence-corrected chi connectivity index (χ4v) is 0.951. The molecule has 0 aliphatic heterocycles. The van der Waals surface area contributed by atoms with Crippen molar-refractivity contribution in [3.8, 4) is 0 Å². The second-order valence-electron chi connectivity index (χ2n) is 4.38. The first-order valence-electron chi connectivity index (χ1n) is 4.29. The zero-order valence-electron chi connectivity index (χ0n) is 8.50. The number of aryl methyl sites for hydroxylation is 1. The number of rotatable bonds is 1. The minimum absolute atomic E-state index is 0.236. The summed E-state index contributed by atoms with van der Waals surface area (Å²) in [5.74, 6) is 0. The summed E-state index contributed by atoms with van der Waals surface area (Å²) in [6, 6.07) is 0.388. The third-order valence-electron chi connectivity index (χ3n) is 2.27. The summed E-state index contributed by atoms with van der Waals surface area (Å²) < 4.78 is 1.93. The van der Waals surface area contributed by atoms with Gasteiger partial charge in [-0.1, -0.05) is 26.0 Å². The summed E-state index contributed by atoms with van der Waals surface area (Å²) in [4.78, 5) is 0. The molecule has 0 saturated carbocycles. The van der Waals surface area contributed by atoms with Gasteiger partial charge in [-0.15, -0.1) is 5.10 Å². The Bertz CT molecular complexity index is 257. The predicted octanol–water partition coefficient (Wildman–Crippen LogP) is 2.19. The van der Waals surface area contributed by atoms with E-state index in [1.165, 1.54) is 0 Å². The lowest BCUT2D eigenvalue weighted by atomic mass is 9.88. The van der Waals surface area contributed by atoms with E-state index in [-0.39, 0.29) is 5.41 Å². The third kappa shape index (κ3) is 1.84. The van der Waals surface area contributed by atoms with Crippen molar-refractivity contribution < 1.29 is 0 Å². The summed E-state index contributed by atoms with van der Waals surface area (Å²) in [6.07, 6.45) is 1.98. The monoisotopic (exact) mass is 167 g/mol. The molecule has 1 unspecified atom stereocenters. The van der Waals surface area contributed by atoms with E-state index in [1.807, 2.05) is 17.8 Å². The first-order chi connectivity index (χ1) is 5.41. The molecule has 0 radical (unpaired) electrons. The SMILES string of the molecule is Cc1cn(C(C)C(C)(C)C)nn1. The van der Waals surface area contributed by atoms with E-state index in [4.69, 9.17) is 0 Å². The van der Waals surface area contributed by atoms with Gasteiger partial charge < -0.3 is 0 Å². The van der Waals surface area contributed by atoms with Crippen LogP contribution in [0.1, 0.15) is 39.4 Å². The number of hydrogen-bond donors (Lipinski definition) is 0. The average Bonchev–Trinajstić information content (AvgIpc) is 2.32. The van der Waals surface area contributed by atoms with Crippen LogP contribution in [-0.4, -0.2) is 15.0 Å². The summed E-state index contributed by atoms with van der Waals surface area (Å²) in [5, 5.41) is 8.01. The molecule has 0 saturated heterocycles. The lowest BCUT2D eigenvalue weighted by Crippen LogP contribution is -2.21. The zero-order chi connectivity index (χ0) is 9.35. The first kappa shape index (κ1) is 9.23. The molecule has 1 atom stereocenters. The number of nitrogens with zero attached hydrogens (tertiary/aromatic N) is 3. The molecule has 3 nitrogen and oxygen atoms in total. The Morgan fingerprint density at radius 2 is 2.00 bits per heavy atom. The summed E-state index contributed by atoms with van der Waals surface area (Å²) in [5.41, 5.74) is 1.21. The maximum atomic E-state index is 4.05. The van der Waals surface area contributed by atoms with E-state index in [0.29, 0.717) is 6.04 Å². The third-order valence-corrected chi connectivity index (χ3v) is 2.27. The highest BCUT2D eigenvalue weighted by atomic mass is 15.4. The molecule has 1 aromatic heterocycles. The van der Waals surface area contributed by atoms with Crippen molar-refractivity contribution in [3.63, 3.8) is 0 Å². The molecule has 0 N–H and O–H groups in total. The zero-order valence-corrected chi connectivity index (χ0v) is 8.50. The van der Waals surface area contributed by atoms with E-state index in [2.05, 4.69) is 38.0 Å². The fraction of sp³-hybridized carbons (Fsp3) is 0.778. The van der Waals surface area contributed by atoms with Crippen molar-refractivity contribution in [1.29, 1.82) is 0 Å². The Hall–Kier alpha value is -0.860. The molecule has 0 aromatic carbocycles. The number of hydrogen-bond acceptors (Lipinski definition) is 2. The predicted molar refractivity (Wildman–Crippen MR) is 48.9 cm³/mol. The fourth-order valence-electron chi connectivity index (χ4n) is 0.951. The van der Waals surface area contributed by atoms with Crippen molar-refractivity contribution in [2.45, 2.75) is 40.7 Å². The average molecular weight is 167 g/mol. The van der Waals surface area contributed by atoms with Gasteiger partial charge in [0.25, 0.3) is 0 Å². The normalized spacial score (nSPS) is 14.8. The molecule has 1 aromatic rings. The molecule has 0 aliphatic rings. The smallest absolute Gasteiger partial charge is 0.0796 e. The van der Waals surface area contributed by atoms with Gasteiger partial charge in [0.2, 0.25) is 0 Å². The van der Waals surface area contributed by atoms with Crippen LogP contribution in [0.2, 0.25) is 0 Å². The Morgan fingerprint density at radius 1 is 1.42 bits per heavy atom. The largest absolute Gasteiger partial charge is 0.249 e. The number of aromatic nitrogens is 3. The lowest BCUT2D eigenvalue weighted by Gasteiger charge is -2.26. The summed E-state index contributed by atoms with van der Waals surface area (Å²) >= 11 is 0. The highest BCUT2D eigenvalue weighted by Crippen LogP contribution is 2.28. The van der Waals surface area contributed by atoms with Crippen LogP contribution in [-0.2, 0) is 0 Å². The van der Waals surface area contributed by atoms with Gasteiger partial charge in [-0.3, -0.25) is 0 Å². The minimum atomic E-state index is 0.236. The van der Waals surface area contributed by atoms with Crippen molar-refractivity contribution in [3.05, 3.63) is 11.9 Å². The van der Waals surface area contributed by atoms with Gasteiger partial charge in [0.15, 0.2) is 0 Å². The quantitative estimate of drug-likeness (QED) is 0.642. The van der Waals surface area contributed by atoms with Crippen LogP contribution in [0, 0.1) is 12.3 Å². The van der Waals surface area contributed by atoms with Gasteiger partial charge in [0.1, 0.15) is 0 Å². The van der Waals surface area contributed by atoms with Gasteiger partial charge >= 0.3 is 0 Å². The maximum Gasteiger partial charge on any atom is 0.0796 e. The second-order valence-corrected chi connectivity index (χ2v) is 4.38. The van der Waals surface area contributed by atoms with E-state index >= 15 is 0 Å². The molecule has 0 amide bonds. The van der Waals surface area contributed by atoms with Gasteiger partial charge in [-0.05, 0) is 19.3 Å². The van der Waals surface area contributed by atoms with Crippen LogP contribution in [0.5, 0.6) is 0 Å². The molecule has 12 heavy (non-hydrogen) atoms. The molecule has 0 bridgehead atoms. The highest BCUT2D eigenvalue weighted by Gasteiger charge is 2.22. The molecule has 0 fully saturated rings. The molecular weight excluding hydrogens is 150 g/mol. The van der Waals surface area contributed by atoms with Crippen LogP contribution in [0.25, 0.3) is 0 Å². The second kappa shape index (κ2) is 2.88. The molecule has 3 heteroatoms. The Morgan fingerprint density at radius 3 is 2.33 bits per heavy atom. The van der Waals surface area contributed by atoms with Gasteiger partial charge in [0, 0.05) is 6.20 Å². The Labute approximate surface area is 73.8 Å². The van der Waals surface area contributed by atoms with Gasteiger partial charge in [-0.25, -0.2) is 4.68 Å². The summed E-state index contributed by atoms with van der Waals surface area (Å²) in [7, 11) is 0. The molecule has 1 rings (SSSR count). The molecular formula is C9H17N3. The minimum Gasteiger partial charge on any atom is -0.249 e. The molecule has 0 spiro atoms. The van der Waals surface area contributed by atoms with Crippen LogP contribution in [0.3, 0.4) is 0 Å². The maximum absolute atomic E-state index is 4.05. The Balaban J connectivity index is 2.85. The van der Waals surface area contributed by atoms with Crippen molar-refractivity contribution in [2.75, 3.05) is 0 Å². The Kier molecular flexibility index (Phi) is 2.22.